The maximum atomic E-state index is 13.9. The van der Waals surface area contributed by atoms with Gasteiger partial charge in [0.15, 0.2) is 4.77 Å². The van der Waals surface area contributed by atoms with Crippen LogP contribution in [0.25, 0.3) is 11.0 Å². The van der Waals surface area contributed by atoms with Crippen LogP contribution in [-0.4, -0.2) is 45.9 Å². The number of halogens is 1. The van der Waals surface area contributed by atoms with E-state index in [1.165, 1.54) is 12.1 Å². The largest absolute Gasteiger partial charge is 0.349 e. The lowest BCUT2D eigenvalue weighted by molar-refractivity contribution is 0.0920. The molecule has 0 radical (unpaired) electrons. The van der Waals surface area contributed by atoms with Crippen molar-refractivity contribution in [3.8, 4) is 0 Å². The van der Waals surface area contributed by atoms with Crippen molar-refractivity contribution in [2.75, 3.05) is 18.4 Å². The van der Waals surface area contributed by atoms with E-state index >= 15 is 0 Å². The predicted molar refractivity (Wildman–Crippen MR) is 111 cm³/mol. The number of nitrogens with zero attached hydrogens (tertiary/aromatic N) is 1. The Morgan fingerprint density at radius 3 is 2.55 bits per heavy atom. The van der Waals surface area contributed by atoms with Crippen LogP contribution < -0.4 is 10.6 Å². The van der Waals surface area contributed by atoms with Crippen LogP contribution in [0.2, 0.25) is 0 Å². The maximum Gasteiger partial charge on any atom is 0.321 e. The van der Waals surface area contributed by atoms with E-state index in [9.17, 15) is 14.0 Å². The molecular weight excluding hydrogens is 393 g/mol. The molecule has 2 aromatic carbocycles. The molecule has 3 amide bonds. The average Bonchev–Trinajstić information content (AvgIpc) is 3.08. The van der Waals surface area contributed by atoms with E-state index in [4.69, 9.17) is 12.2 Å². The first kappa shape index (κ1) is 19.1. The van der Waals surface area contributed by atoms with E-state index in [1.807, 2.05) is 30.3 Å². The Labute approximate surface area is 171 Å². The molecule has 9 heteroatoms. The van der Waals surface area contributed by atoms with E-state index in [0.717, 1.165) is 5.69 Å². The molecule has 29 heavy (non-hydrogen) atoms. The van der Waals surface area contributed by atoms with Gasteiger partial charge in [-0.1, -0.05) is 18.2 Å². The number of carbonyl (C=O) groups is 2. The molecule has 3 aromatic rings. The second kappa shape index (κ2) is 8.04. The van der Waals surface area contributed by atoms with Gasteiger partial charge in [0.1, 0.15) is 5.82 Å². The van der Waals surface area contributed by atoms with Crippen molar-refractivity contribution in [2.24, 2.45) is 0 Å². The highest BCUT2D eigenvalue weighted by Gasteiger charge is 2.25. The predicted octanol–water partition coefficient (Wildman–Crippen LogP) is 3.79. The molecule has 0 spiro atoms. The third kappa shape index (κ3) is 4.29. The number of anilines is 1. The summed E-state index contributed by atoms with van der Waals surface area (Å²) in [4.78, 5) is 32.5. The standard InChI is InChI=1S/C20H20FN5O2S/c21-12-10-15(17-16(11-12)24-19(29)25-17)18(27)22-14-6-8-26(9-7-14)20(28)23-13-4-2-1-3-5-13/h1-5,10-11,14H,6-9H2,(H,22,27)(H,23,28)(H2,24,25,29). The fraction of sp³-hybridized carbons (Fsp3) is 0.250. The van der Waals surface area contributed by atoms with Crippen molar-refractivity contribution in [2.45, 2.75) is 18.9 Å². The van der Waals surface area contributed by atoms with E-state index < -0.39 is 5.82 Å². The Hall–Kier alpha value is -3.20. The number of rotatable bonds is 3. The van der Waals surface area contributed by atoms with E-state index in [0.29, 0.717) is 41.7 Å². The Balaban J connectivity index is 1.37. The molecule has 150 valence electrons. The number of amides is 3. The summed E-state index contributed by atoms with van der Waals surface area (Å²) >= 11 is 5.04. The van der Waals surface area contributed by atoms with Crippen molar-refractivity contribution < 1.29 is 14.0 Å². The molecule has 1 saturated heterocycles. The fourth-order valence-corrected chi connectivity index (χ4v) is 3.71. The summed E-state index contributed by atoms with van der Waals surface area (Å²) in [6, 6.07) is 11.5. The summed E-state index contributed by atoms with van der Waals surface area (Å²) in [5.74, 6) is -0.882. The van der Waals surface area contributed by atoms with Gasteiger partial charge in [-0.2, -0.15) is 0 Å². The number of imidazole rings is 1. The number of hydrogen-bond donors (Lipinski definition) is 4. The number of benzene rings is 2. The summed E-state index contributed by atoms with van der Waals surface area (Å²) in [6.45, 7) is 1.05. The fourth-order valence-electron chi connectivity index (χ4n) is 3.50. The summed E-state index contributed by atoms with van der Waals surface area (Å²) in [6.07, 6.45) is 1.24. The van der Waals surface area contributed by atoms with Crippen LogP contribution in [0.4, 0.5) is 14.9 Å². The lowest BCUT2D eigenvalue weighted by Gasteiger charge is -2.32. The zero-order chi connectivity index (χ0) is 20.4. The number of H-pyrrole nitrogens is 2. The molecule has 4 rings (SSSR count). The molecule has 0 unspecified atom stereocenters. The third-order valence-corrected chi connectivity index (χ3v) is 5.18. The Morgan fingerprint density at radius 1 is 1.10 bits per heavy atom. The lowest BCUT2D eigenvalue weighted by Crippen LogP contribution is -2.47. The summed E-state index contributed by atoms with van der Waals surface area (Å²) in [7, 11) is 0. The van der Waals surface area contributed by atoms with Gasteiger partial charge in [0.2, 0.25) is 0 Å². The van der Waals surface area contributed by atoms with Gasteiger partial charge < -0.3 is 25.5 Å². The van der Waals surface area contributed by atoms with Crippen LogP contribution >= 0.6 is 12.2 Å². The molecule has 7 nitrogen and oxygen atoms in total. The Kier molecular flexibility index (Phi) is 5.30. The zero-order valence-corrected chi connectivity index (χ0v) is 16.3. The number of nitrogens with one attached hydrogen (secondary N) is 4. The zero-order valence-electron chi connectivity index (χ0n) is 15.5. The molecule has 2 heterocycles. The van der Waals surface area contributed by atoms with Gasteiger partial charge in [-0.25, -0.2) is 9.18 Å². The van der Waals surface area contributed by atoms with Crippen LogP contribution in [0.15, 0.2) is 42.5 Å². The number of likely N-dealkylation sites (tertiary alicyclic amines) is 1. The number of piperidine rings is 1. The van der Waals surface area contributed by atoms with Gasteiger partial charge in [0.05, 0.1) is 16.6 Å². The number of para-hydroxylation sites is 1. The van der Waals surface area contributed by atoms with Gasteiger partial charge in [-0.3, -0.25) is 4.79 Å². The maximum absolute atomic E-state index is 13.9. The molecule has 0 aliphatic carbocycles. The molecule has 0 atom stereocenters. The van der Waals surface area contributed by atoms with Crippen LogP contribution in [0.3, 0.4) is 0 Å². The summed E-state index contributed by atoms with van der Waals surface area (Å²) < 4.78 is 14.2. The minimum atomic E-state index is -0.514. The summed E-state index contributed by atoms with van der Waals surface area (Å²) in [5.41, 5.74) is 1.88. The van der Waals surface area contributed by atoms with E-state index in [2.05, 4.69) is 20.6 Å². The van der Waals surface area contributed by atoms with Gasteiger partial charge in [0.25, 0.3) is 5.91 Å². The third-order valence-electron chi connectivity index (χ3n) is 4.98. The highest BCUT2D eigenvalue weighted by molar-refractivity contribution is 7.71. The van der Waals surface area contributed by atoms with Crippen molar-refractivity contribution in [1.29, 1.82) is 0 Å². The average molecular weight is 413 g/mol. The van der Waals surface area contributed by atoms with Crippen LogP contribution in [0, 0.1) is 10.6 Å². The van der Waals surface area contributed by atoms with Crippen molar-refractivity contribution >= 4 is 40.9 Å². The van der Waals surface area contributed by atoms with Crippen LogP contribution in [0.1, 0.15) is 23.2 Å². The number of aromatic nitrogens is 2. The van der Waals surface area contributed by atoms with Gasteiger partial charge in [-0.05, 0) is 49.3 Å². The molecule has 1 aromatic heterocycles. The normalized spacial score (nSPS) is 14.7. The quantitative estimate of drug-likeness (QED) is 0.492. The smallest absolute Gasteiger partial charge is 0.321 e. The van der Waals surface area contributed by atoms with Crippen molar-refractivity contribution in [3.05, 3.63) is 58.6 Å². The highest BCUT2D eigenvalue weighted by Crippen LogP contribution is 2.19. The van der Waals surface area contributed by atoms with Gasteiger partial charge in [-0.15, -0.1) is 0 Å². The molecular formula is C20H20FN5O2S. The number of aromatic amines is 2. The number of urea groups is 1. The van der Waals surface area contributed by atoms with Crippen LogP contribution in [-0.2, 0) is 0 Å². The van der Waals surface area contributed by atoms with Crippen molar-refractivity contribution in [1.82, 2.24) is 20.2 Å². The molecule has 4 N–H and O–H groups in total. The lowest BCUT2D eigenvalue weighted by atomic mass is 10.0. The first-order chi connectivity index (χ1) is 14.0. The number of fused-ring (bicyclic) bond motifs is 1. The van der Waals surface area contributed by atoms with E-state index in [-0.39, 0.29) is 23.5 Å². The topological polar surface area (TPSA) is 93.0 Å². The van der Waals surface area contributed by atoms with Crippen LogP contribution in [0.5, 0.6) is 0 Å². The number of carbonyl (C=O) groups excluding carboxylic acids is 2. The van der Waals surface area contributed by atoms with E-state index in [1.54, 1.807) is 4.90 Å². The van der Waals surface area contributed by atoms with Gasteiger partial charge >= 0.3 is 6.03 Å². The first-order valence-corrected chi connectivity index (χ1v) is 9.74. The second-order valence-electron chi connectivity index (χ2n) is 6.99. The molecule has 0 bridgehead atoms. The molecule has 0 saturated carbocycles. The minimum Gasteiger partial charge on any atom is -0.349 e. The minimum absolute atomic E-state index is 0.0940. The molecule has 1 fully saturated rings. The number of hydrogen-bond acceptors (Lipinski definition) is 3. The van der Waals surface area contributed by atoms with Gasteiger partial charge in [0, 0.05) is 24.8 Å². The Bertz CT molecular complexity index is 1100. The van der Waals surface area contributed by atoms with Crippen molar-refractivity contribution in [3.63, 3.8) is 0 Å². The SMILES string of the molecule is O=C(NC1CCN(C(=O)Nc2ccccc2)CC1)c1cc(F)cc2[nH]c(=S)[nH]c12. The second-order valence-corrected chi connectivity index (χ2v) is 7.39. The monoisotopic (exact) mass is 413 g/mol. The molecule has 1 aliphatic heterocycles. The first-order valence-electron chi connectivity index (χ1n) is 9.33. The Morgan fingerprint density at radius 2 is 1.83 bits per heavy atom. The summed E-state index contributed by atoms with van der Waals surface area (Å²) in [5, 5.41) is 5.80. The highest BCUT2D eigenvalue weighted by atomic mass is 32.1. The molecule has 1 aliphatic rings.